The molecule has 0 saturated carbocycles. The summed E-state index contributed by atoms with van der Waals surface area (Å²) in [5, 5.41) is 1.17. The van der Waals surface area contributed by atoms with E-state index < -0.39 is 29.5 Å². The molecule has 8 heteroatoms. The minimum absolute atomic E-state index is 0.749. The zero-order valence-electron chi connectivity index (χ0n) is 7.99. The van der Waals surface area contributed by atoms with Gasteiger partial charge >= 0.3 is 18.0 Å². The molecule has 0 aliphatic heterocycles. The number of alkyl halides is 5. The fraction of sp³-hybridized carbons (Fsp3) is 0.222. The Morgan fingerprint density at radius 2 is 1.59 bits per heavy atom. The van der Waals surface area contributed by atoms with Crippen molar-refractivity contribution in [3.8, 4) is 0 Å². The van der Waals surface area contributed by atoms with Gasteiger partial charge in [0.05, 0.1) is 5.69 Å². The fourth-order valence-electron chi connectivity index (χ4n) is 0.892. The van der Waals surface area contributed by atoms with E-state index >= 15 is 0 Å². The lowest BCUT2D eigenvalue weighted by molar-refractivity contribution is -0.267. The Morgan fingerprint density at radius 1 is 1.06 bits per heavy atom. The monoisotopic (exact) mass is 257 g/mol. The minimum atomic E-state index is -6.03. The van der Waals surface area contributed by atoms with Crippen molar-refractivity contribution in [2.45, 2.75) is 12.1 Å². The first-order valence-electron chi connectivity index (χ1n) is 4.17. The van der Waals surface area contributed by atoms with Crippen molar-refractivity contribution in [3.05, 3.63) is 30.1 Å². The van der Waals surface area contributed by atoms with Crippen molar-refractivity contribution in [2.75, 3.05) is 5.32 Å². The van der Waals surface area contributed by atoms with Gasteiger partial charge in [-0.05, 0) is 12.1 Å². The van der Waals surface area contributed by atoms with E-state index in [0.717, 1.165) is 12.1 Å². The molecule has 0 fully saturated rings. The largest absolute Gasteiger partial charge is 0.463 e. The highest BCUT2D eigenvalue weighted by atomic mass is 19.4. The quantitative estimate of drug-likeness (QED) is 0.811. The summed E-state index contributed by atoms with van der Waals surface area (Å²) in [5.74, 6) is -9.32. The lowest BCUT2D eigenvalue weighted by atomic mass is 10.2. The molecule has 0 atom stereocenters. The van der Waals surface area contributed by atoms with Crippen molar-refractivity contribution in [1.82, 2.24) is 0 Å². The van der Waals surface area contributed by atoms with Gasteiger partial charge in [-0.15, -0.1) is 0 Å². The molecule has 0 aliphatic rings. The third-order valence-corrected chi connectivity index (χ3v) is 1.76. The molecule has 1 rings (SSSR count). The molecule has 0 saturated heterocycles. The standard InChI is InChI=1S/C9H5F6NO/c10-5-3-1-2-4-6(5)16-7(17)8(11,12)9(13,14)15/h1-4H,(H,16,17). The van der Waals surface area contributed by atoms with Gasteiger partial charge in [0.2, 0.25) is 0 Å². The van der Waals surface area contributed by atoms with Crippen molar-refractivity contribution >= 4 is 11.6 Å². The molecule has 2 nitrogen and oxygen atoms in total. The van der Waals surface area contributed by atoms with E-state index in [2.05, 4.69) is 0 Å². The van der Waals surface area contributed by atoms with Crippen LogP contribution in [0.5, 0.6) is 0 Å². The summed E-state index contributed by atoms with van der Waals surface area (Å²) in [6.07, 6.45) is -6.03. The Balaban J connectivity index is 2.91. The van der Waals surface area contributed by atoms with Crippen LogP contribution in [-0.4, -0.2) is 18.0 Å². The third-order valence-electron chi connectivity index (χ3n) is 1.76. The van der Waals surface area contributed by atoms with Gasteiger partial charge in [0.15, 0.2) is 0 Å². The Hall–Kier alpha value is -1.73. The molecule has 1 N–H and O–H groups in total. The average Bonchev–Trinajstić information content (AvgIpc) is 2.19. The highest BCUT2D eigenvalue weighted by molar-refractivity contribution is 5.96. The SMILES string of the molecule is O=C(Nc1ccccc1F)C(F)(F)C(F)(F)F. The second kappa shape index (κ2) is 4.27. The zero-order chi connectivity index (χ0) is 13.3. The Morgan fingerprint density at radius 3 is 2.06 bits per heavy atom. The second-order valence-corrected chi connectivity index (χ2v) is 3.01. The average molecular weight is 257 g/mol. The molecule has 1 aromatic rings. The van der Waals surface area contributed by atoms with E-state index in [0.29, 0.717) is 0 Å². The van der Waals surface area contributed by atoms with Crippen LogP contribution >= 0.6 is 0 Å². The number of carbonyl (C=O) groups excluding carboxylic acids is 1. The van der Waals surface area contributed by atoms with Crippen LogP contribution in [0.25, 0.3) is 0 Å². The molecule has 94 valence electrons. The van der Waals surface area contributed by atoms with E-state index in [1.54, 1.807) is 0 Å². The van der Waals surface area contributed by atoms with Crippen molar-refractivity contribution in [2.24, 2.45) is 0 Å². The molecule has 1 amide bonds. The van der Waals surface area contributed by atoms with E-state index in [9.17, 15) is 31.1 Å². The van der Waals surface area contributed by atoms with Gasteiger partial charge in [-0.1, -0.05) is 12.1 Å². The lowest BCUT2D eigenvalue weighted by Crippen LogP contribution is -2.47. The molecule has 1 aromatic carbocycles. The number of benzene rings is 1. The van der Waals surface area contributed by atoms with Crippen LogP contribution in [0.1, 0.15) is 0 Å². The van der Waals surface area contributed by atoms with E-state index in [4.69, 9.17) is 0 Å². The molecule has 0 radical (unpaired) electrons. The van der Waals surface area contributed by atoms with Crippen LogP contribution in [0, 0.1) is 5.82 Å². The van der Waals surface area contributed by atoms with Crippen LogP contribution in [0.4, 0.5) is 32.0 Å². The molecule has 0 aromatic heterocycles. The second-order valence-electron chi connectivity index (χ2n) is 3.01. The summed E-state index contributed by atoms with van der Waals surface area (Å²) in [4.78, 5) is 10.7. The molecule has 17 heavy (non-hydrogen) atoms. The van der Waals surface area contributed by atoms with Gasteiger partial charge in [-0.25, -0.2) is 4.39 Å². The fourth-order valence-corrected chi connectivity index (χ4v) is 0.892. The number of halogens is 6. The summed E-state index contributed by atoms with van der Waals surface area (Å²) >= 11 is 0. The van der Waals surface area contributed by atoms with Crippen molar-refractivity contribution in [1.29, 1.82) is 0 Å². The van der Waals surface area contributed by atoms with Crippen molar-refractivity contribution in [3.63, 3.8) is 0 Å². The number of anilines is 1. The third kappa shape index (κ3) is 2.69. The number of hydrogen-bond acceptors (Lipinski definition) is 1. The van der Waals surface area contributed by atoms with Gasteiger partial charge in [-0.3, -0.25) is 4.79 Å². The van der Waals surface area contributed by atoms with Crippen LogP contribution in [0.2, 0.25) is 0 Å². The smallest absolute Gasteiger partial charge is 0.318 e. The predicted molar refractivity (Wildman–Crippen MR) is 46.0 cm³/mol. The number of nitrogens with one attached hydrogen (secondary N) is 1. The molecule has 0 spiro atoms. The summed E-state index contributed by atoms with van der Waals surface area (Å²) in [6.45, 7) is 0. The highest BCUT2D eigenvalue weighted by Crippen LogP contribution is 2.36. The summed E-state index contributed by atoms with van der Waals surface area (Å²) in [6, 6.07) is 4.03. The first kappa shape index (κ1) is 13.3. The van der Waals surface area contributed by atoms with E-state index in [1.165, 1.54) is 17.4 Å². The number of amides is 1. The molecule has 0 heterocycles. The highest BCUT2D eigenvalue weighted by Gasteiger charge is 2.63. The lowest BCUT2D eigenvalue weighted by Gasteiger charge is -2.18. The van der Waals surface area contributed by atoms with Crippen LogP contribution in [0.3, 0.4) is 0 Å². The normalized spacial score (nSPS) is 12.4. The molecule has 0 aliphatic carbocycles. The summed E-state index contributed by atoms with van der Waals surface area (Å²) in [7, 11) is 0. The first-order chi connectivity index (χ1) is 7.66. The molecule has 0 bridgehead atoms. The maximum atomic E-state index is 12.9. The first-order valence-corrected chi connectivity index (χ1v) is 4.17. The van der Waals surface area contributed by atoms with Gasteiger partial charge in [0.25, 0.3) is 0 Å². The predicted octanol–water partition coefficient (Wildman–Crippen LogP) is 2.96. The minimum Gasteiger partial charge on any atom is -0.318 e. The maximum Gasteiger partial charge on any atom is 0.463 e. The Labute approximate surface area is 91.2 Å². The zero-order valence-corrected chi connectivity index (χ0v) is 7.99. The molecular weight excluding hydrogens is 252 g/mol. The maximum absolute atomic E-state index is 12.9. The van der Waals surface area contributed by atoms with E-state index in [-0.39, 0.29) is 0 Å². The summed E-state index contributed by atoms with van der Waals surface area (Å²) < 4.78 is 73.2. The van der Waals surface area contributed by atoms with Crippen LogP contribution < -0.4 is 5.32 Å². The Kier molecular flexibility index (Phi) is 3.35. The van der Waals surface area contributed by atoms with Gasteiger partial charge < -0.3 is 5.32 Å². The van der Waals surface area contributed by atoms with Gasteiger partial charge in [-0.2, -0.15) is 22.0 Å². The molecule has 0 unspecified atom stereocenters. The number of para-hydroxylation sites is 1. The van der Waals surface area contributed by atoms with Gasteiger partial charge in [0.1, 0.15) is 5.82 Å². The van der Waals surface area contributed by atoms with E-state index in [1.807, 2.05) is 0 Å². The van der Waals surface area contributed by atoms with Crippen LogP contribution in [-0.2, 0) is 4.79 Å². The number of hydrogen-bond donors (Lipinski definition) is 1. The van der Waals surface area contributed by atoms with Gasteiger partial charge in [0, 0.05) is 0 Å². The topological polar surface area (TPSA) is 29.1 Å². The summed E-state index contributed by atoms with van der Waals surface area (Å²) in [5.41, 5.74) is -0.749. The number of carbonyl (C=O) groups is 1. The Bertz CT molecular complexity index is 428. The molecular formula is C9H5F6NO. The van der Waals surface area contributed by atoms with Crippen LogP contribution in [0.15, 0.2) is 24.3 Å². The van der Waals surface area contributed by atoms with Crippen molar-refractivity contribution < 1.29 is 31.1 Å². The number of rotatable bonds is 2.